The zero-order chi connectivity index (χ0) is 55.7. The lowest BCUT2D eigenvalue weighted by Gasteiger charge is -2.18. The Morgan fingerprint density at radius 2 is 0.506 bits per heavy atom. The van der Waals surface area contributed by atoms with Crippen LogP contribution in [0.25, 0.3) is 0 Å². The lowest BCUT2D eigenvalue weighted by molar-refractivity contribution is -0.167. The van der Waals surface area contributed by atoms with Gasteiger partial charge in [0.15, 0.2) is 6.10 Å². The molecule has 0 N–H and O–H groups in total. The van der Waals surface area contributed by atoms with Gasteiger partial charge in [0.25, 0.3) is 0 Å². The lowest BCUT2D eigenvalue weighted by atomic mass is 10.0. The molecule has 0 aromatic rings. The number of ether oxygens (including phenoxy) is 3. The van der Waals surface area contributed by atoms with Gasteiger partial charge in [0, 0.05) is 19.3 Å². The molecule has 0 aliphatic carbocycles. The molecular weight excluding hydrogens is 949 g/mol. The first kappa shape index (κ1) is 73.3. The first-order valence-corrected chi connectivity index (χ1v) is 32.7. The highest BCUT2D eigenvalue weighted by atomic mass is 16.6. The molecule has 0 bridgehead atoms. The minimum Gasteiger partial charge on any atom is -0.462 e. The second-order valence-corrected chi connectivity index (χ2v) is 21.7. The quantitative estimate of drug-likeness (QED) is 0.0261. The fourth-order valence-corrected chi connectivity index (χ4v) is 9.23. The van der Waals surface area contributed by atoms with Crippen LogP contribution in [-0.2, 0) is 28.6 Å². The second-order valence-electron chi connectivity index (χ2n) is 21.7. The van der Waals surface area contributed by atoms with E-state index in [9.17, 15) is 14.4 Å². The third-order valence-corrected chi connectivity index (χ3v) is 14.1. The van der Waals surface area contributed by atoms with Crippen LogP contribution in [0.1, 0.15) is 316 Å². The molecule has 0 spiro atoms. The first-order valence-electron chi connectivity index (χ1n) is 32.7. The minimum absolute atomic E-state index is 0.0749. The van der Waals surface area contributed by atoms with Crippen molar-refractivity contribution in [3.05, 3.63) is 97.2 Å². The smallest absolute Gasteiger partial charge is 0.306 e. The van der Waals surface area contributed by atoms with E-state index in [2.05, 4.69) is 118 Å². The molecule has 0 amide bonds. The molecule has 0 aromatic carbocycles. The highest BCUT2D eigenvalue weighted by Crippen LogP contribution is 2.17. The van der Waals surface area contributed by atoms with E-state index in [0.29, 0.717) is 19.3 Å². The van der Waals surface area contributed by atoms with Gasteiger partial charge in [0.2, 0.25) is 0 Å². The Morgan fingerprint density at radius 3 is 0.792 bits per heavy atom. The summed E-state index contributed by atoms with van der Waals surface area (Å²) in [6, 6.07) is 0. The van der Waals surface area contributed by atoms with Gasteiger partial charge in [-0.3, -0.25) is 14.4 Å². The van der Waals surface area contributed by atoms with Crippen LogP contribution in [0.5, 0.6) is 0 Å². The molecule has 6 heteroatoms. The number of esters is 3. The van der Waals surface area contributed by atoms with Crippen LogP contribution < -0.4 is 0 Å². The van der Waals surface area contributed by atoms with Gasteiger partial charge in [-0.2, -0.15) is 0 Å². The molecule has 0 aromatic heterocycles. The van der Waals surface area contributed by atoms with Crippen molar-refractivity contribution in [3.8, 4) is 0 Å². The zero-order valence-corrected chi connectivity index (χ0v) is 50.7. The van der Waals surface area contributed by atoms with Crippen LogP contribution >= 0.6 is 0 Å². The lowest BCUT2D eigenvalue weighted by Crippen LogP contribution is -2.30. The van der Waals surface area contributed by atoms with Crippen LogP contribution in [-0.4, -0.2) is 37.2 Å². The van der Waals surface area contributed by atoms with Gasteiger partial charge in [-0.1, -0.05) is 311 Å². The maximum Gasteiger partial charge on any atom is 0.306 e. The molecule has 0 rings (SSSR count). The summed E-state index contributed by atoms with van der Waals surface area (Å²) in [6.07, 6.45) is 87.1. The predicted molar refractivity (Wildman–Crippen MR) is 334 cm³/mol. The van der Waals surface area contributed by atoms with Gasteiger partial charge in [-0.05, 0) is 83.5 Å². The maximum absolute atomic E-state index is 12.9. The van der Waals surface area contributed by atoms with E-state index in [1.807, 2.05) is 0 Å². The number of hydrogen-bond acceptors (Lipinski definition) is 6. The standard InChI is InChI=1S/C71H122O6/c1-4-7-10-13-16-19-22-24-26-28-29-30-31-32-33-34-35-36-37-38-39-40-41-42-43-44-46-47-49-52-55-58-61-64-70(73)76-67-68(66-75-69(72)63-60-57-54-51-21-18-15-12-9-6-3)77-71(74)65-62-59-56-53-50-48-45-27-25-23-20-17-14-11-8-5-2/h7,10,16,19,24,26,29-30,32-33,35-36,38-39,41-42,68H,4-6,8-9,11-15,17-18,20-23,25,27-28,31,34,37,40,43-67H2,1-3H3/b10-7-,19-16-,26-24-,30-29-,33-32-,36-35-,39-38-,42-41-. The molecule has 0 aliphatic rings. The van der Waals surface area contributed by atoms with Crippen LogP contribution in [0, 0.1) is 0 Å². The normalized spacial score (nSPS) is 12.7. The van der Waals surface area contributed by atoms with E-state index >= 15 is 0 Å². The Hall–Kier alpha value is -3.67. The van der Waals surface area contributed by atoms with Gasteiger partial charge < -0.3 is 14.2 Å². The molecule has 6 nitrogen and oxygen atoms in total. The second kappa shape index (κ2) is 64.9. The summed E-state index contributed by atoms with van der Waals surface area (Å²) in [5, 5.41) is 0. The first-order chi connectivity index (χ1) is 38.0. The van der Waals surface area contributed by atoms with E-state index in [4.69, 9.17) is 14.2 Å². The Kier molecular flexibility index (Phi) is 61.8. The van der Waals surface area contributed by atoms with Crippen molar-refractivity contribution in [2.45, 2.75) is 322 Å². The molecule has 442 valence electrons. The fraction of sp³-hybridized carbons (Fsp3) is 0.732. The van der Waals surface area contributed by atoms with Gasteiger partial charge in [-0.25, -0.2) is 0 Å². The predicted octanol–water partition coefficient (Wildman–Crippen LogP) is 22.4. The van der Waals surface area contributed by atoms with Crippen molar-refractivity contribution in [1.82, 2.24) is 0 Å². The van der Waals surface area contributed by atoms with E-state index in [1.165, 1.54) is 161 Å². The topological polar surface area (TPSA) is 78.9 Å². The van der Waals surface area contributed by atoms with Crippen molar-refractivity contribution in [1.29, 1.82) is 0 Å². The molecule has 1 atom stereocenters. The van der Waals surface area contributed by atoms with E-state index < -0.39 is 6.10 Å². The number of allylic oxidation sites excluding steroid dienone is 16. The molecule has 0 saturated heterocycles. The van der Waals surface area contributed by atoms with Crippen LogP contribution in [0.2, 0.25) is 0 Å². The number of carbonyl (C=O) groups excluding carboxylic acids is 3. The molecule has 0 saturated carbocycles. The molecule has 0 fully saturated rings. The van der Waals surface area contributed by atoms with Crippen molar-refractivity contribution >= 4 is 17.9 Å². The summed E-state index contributed by atoms with van der Waals surface area (Å²) < 4.78 is 16.9. The summed E-state index contributed by atoms with van der Waals surface area (Å²) in [5.74, 6) is -0.872. The van der Waals surface area contributed by atoms with Gasteiger partial charge in [0.1, 0.15) is 13.2 Å². The Morgan fingerprint density at radius 1 is 0.273 bits per heavy atom. The average Bonchev–Trinajstić information content (AvgIpc) is 3.43. The number of rotatable bonds is 59. The van der Waals surface area contributed by atoms with Gasteiger partial charge in [-0.15, -0.1) is 0 Å². The Balaban J connectivity index is 4.20. The minimum atomic E-state index is -0.777. The van der Waals surface area contributed by atoms with Crippen molar-refractivity contribution in [2.75, 3.05) is 13.2 Å². The van der Waals surface area contributed by atoms with Gasteiger partial charge in [0.05, 0.1) is 0 Å². The highest BCUT2D eigenvalue weighted by molar-refractivity contribution is 5.71. The molecular formula is C71H122O6. The van der Waals surface area contributed by atoms with Crippen LogP contribution in [0.3, 0.4) is 0 Å². The third-order valence-electron chi connectivity index (χ3n) is 14.1. The monoisotopic (exact) mass is 1070 g/mol. The summed E-state index contributed by atoms with van der Waals surface area (Å²) in [7, 11) is 0. The van der Waals surface area contributed by atoms with Gasteiger partial charge >= 0.3 is 17.9 Å². The number of hydrogen-bond donors (Lipinski definition) is 0. The number of unbranched alkanes of at least 4 members (excludes halogenated alkanes) is 32. The molecule has 1 unspecified atom stereocenters. The Bertz CT molecular complexity index is 1510. The van der Waals surface area contributed by atoms with Crippen molar-refractivity contribution < 1.29 is 28.6 Å². The fourth-order valence-electron chi connectivity index (χ4n) is 9.23. The van der Waals surface area contributed by atoms with Crippen LogP contribution in [0.4, 0.5) is 0 Å². The summed E-state index contributed by atoms with van der Waals surface area (Å²) in [5.41, 5.74) is 0. The van der Waals surface area contributed by atoms with E-state index in [0.717, 1.165) is 116 Å². The van der Waals surface area contributed by atoms with E-state index in [1.54, 1.807) is 0 Å². The third kappa shape index (κ3) is 63.0. The van der Waals surface area contributed by atoms with Crippen molar-refractivity contribution in [3.63, 3.8) is 0 Å². The largest absolute Gasteiger partial charge is 0.462 e. The van der Waals surface area contributed by atoms with E-state index in [-0.39, 0.29) is 31.1 Å². The molecule has 0 heterocycles. The zero-order valence-electron chi connectivity index (χ0n) is 50.7. The Labute approximate surface area is 477 Å². The maximum atomic E-state index is 12.9. The molecule has 0 aliphatic heterocycles. The SMILES string of the molecule is CC/C=C\C/C=C\C/C=C\C/C=C\C/C=C\C/C=C\C/C=C\C/C=C\CCCCCCCCCCC(=O)OCC(COC(=O)CCCCCCCCCCCC)OC(=O)CCCCCCCCCCCCCCCCCC. The molecule has 77 heavy (non-hydrogen) atoms. The summed E-state index contributed by atoms with van der Waals surface area (Å²) in [6.45, 7) is 6.54. The highest BCUT2D eigenvalue weighted by Gasteiger charge is 2.19. The molecule has 0 radical (unpaired) electrons. The number of carbonyl (C=O) groups is 3. The summed E-state index contributed by atoms with van der Waals surface area (Å²) in [4.78, 5) is 38.2. The van der Waals surface area contributed by atoms with Crippen LogP contribution in [0.15, 0.2) is 97.2 Å². The summed E-state index contributed by atoms with van der Waals surface area (Å²) >= 11 is 0. The van der Waals surface area contributed by atoms with Crippen molar-refractivity contribution in [2.24, 2.45) is 0 Å². The average molecular weight is 1070 g/mol.